The summed E-state index contributed by atoms with van der Waals surface area (Å²) in [5, 5.41) is 2.43. The Bertz CT molecular complexity index is 464. The molecule has 0 saturated carbocycles. The number of benzene rings is 1. The first-order valence-electron chi connectivity index (χ1n) is 6.81. The minimum Gasteiger partial charge on any atom is -0.497 e. The van der Waals surface area contributed by atoms with Crippen LogP contribution in [0, 0.1) is 0 Å². The van der Waals surface area contributed by atoms with Crippen LogP contribution in [-0.4, -0.2) is 37.1 Å². The number of hydrogen-bond acceptors (Lipinski definition) is 4. The lowest BCUT2D eigenvalue weighted by Crippen LogP contribution is -2.64. The van der Waals surface area contributed by atoms with Gasteiger partial charge >= 0.3 is 6.18 Å². The number of methoxy groups -OCH3 is 1. The number of nitrogens with zero attached hydrogens (tertiary/aromatic N) is 1. The van der Waals surface area contributed by atoms with E-state index in [0.29, 0.717) is 6.54 Å². The zero-order valence-corrected chi connectivity index (χ0v) is 12.0. The van der Waals surface area contributed by atoms with Crippen molar-refractivity contribution in [3.8, 4) is 5.75 Å². The third kappa shape index (κ3) is 3.66. The molecular formula is C14H20F3N3O. The van der Waals surface area contributed by atoms with Gasteiger partial charge in [0.1, 0.15) is 18.1 Å². The Morgan fingerprint density at radius 3 is 2.43 bits per heavy atom. The fourth-order valence-electron chi connectivity index (χ4n) is 2.57. The number of halogens is 3. The molecule has 3 unspecified atom stereocenters. The van der Waals surface area contributed by atoms with Gasteiger partial charge in [0.05, 0.1) is 7.11 Å². The molecule has 2 rings (SSSR count). The third-order valence-corrected chi connectivity index (χ3v) is 3.90. The molecule has 7 heteroatoms. The predicted octanol–water partition coefficient (Wildman–Crippen LogP) is 2.22. The quantitative estimate of drug-likeness (QED) is 0.899. The molecule has 0 spiro atoms. The maximum absolute atomic E-state index is 12.7. The molecule has 21 heavy (non-hydrogen) atoms. The van der Waals surface area contributed by atoms with E-state index in [2.05, 4.69) is 5.32 Å². The van der Waals surface area contributed by atoms with Crippen LogP contribution in [0.4, 0.5) is 13.2 Å². The molecule has 1 fully saturated rings. The van der Waals surface area contributed by atoms with Gasteiger partial charge in [-0.05, 0) is 31.0 Å². The zero-order valence-electron chi connectivity index (χ0n) is 12.0. The van der Waals surface area contributed by atoms with E-state index in [9.17, 15) is 13.2 Å². The molecule has 1 aliphatic rings. The maximum Gasteiger partial charge on any atom is 0.403 e. The molecule has 0 bridgehead atoms. The molecular weight excluding hydrogens is 283 g/mol. The maximum atomic E-state index is 12.7. The lowest BCUT2D eigenvalue weighted by molar-refractivity contribution is -0.172. The van der Waals surface area contributed by atoms with Gasteiger partial charge in [0.15, 0.2) is 0 Å². The predicted molar refractivity (Wildman–Crippen MR) is 73.7 cm³/mol. The largest absolute Gasteiger partial charge is 0.497 e. The zero-order chi connectivity index (χ0) is 15.6. The third-order valence-electron chi connectivity index (χ3n) is 3.90. The first-order valence-corrected chi connectivity index (χ1v) is 6.81. The van der Waals surface area contributed by atoms with Crippen molar-refractivity contribution in [1.29, 1.82) is 0 Å². The highest BCUT2D eigenvalue weighted by molar-refractivity contribution is 5.29. The summed E-state index contributed by atoms with van der Waals surface area (Å²) in [6.07, 6.45) is -5.08. The van der Waals surface area contributed by atoms with E-state index in [-0.39, 0.29) is 12.5 Å². The van der Waals surface area contributed by atoms with Crippen molar-refractivity contribution in [2.24, 2.45) is 5.73 Å². The summed E-state index contributed by atoms with van der Waals surface area (Å²) in [7, 11) is 1.58. The highest BCUT2D eigenvalue weighted by Crippen LogP contribution is 2.30. The van der Waals surface area contributed by atoms with Gasteiger partial charge in [-0.2, -0.15) is 13.2 Å². The Hall–Kier alpha value is -1.31. The minimum absolute atomic E-state index is 0.00229. The van der Waals surface area contributed by atoms with Gasteiger partial charge in [0, 0.05) is 12.6 Å². The van der Waals surface area contributed by atoms with Crippen LogP contribution in [0.25, 0.3) is 0 Å². The van der Waals surface area contributed by atoms with E-state index < -0.39 is 18.5 Å². The molecule has 3 atom stereocenters. The molecule has 3 N–H and O–H groups in total. The van der Waals surface area contributed by atoms with Gasteiger partial charge in [-0.25, -0.2) is 0 Å². The average molecular weight is 303 g/mol. The number of alkyl halides is 3. The molecule has 0 amide bonds. The molecule has 1 heterocycles. The van der Waals surface area contributed by atoms with Gasteiger partial charge < -0.3 is 10.5 Å². The van der Waals surface area contributed by atoms with Crippen molar-refractivity contribution < 1.29 is 17.9 Å². The molecule has 0 radical (unpaired) electrons. The molecule has 1 saturated heterocycles. The van der Waals surface area contributed by atoms with Gasteiger partial charge in [0.25, 0.3) is 0 Å². The lowest BCUT2D eigenvalue weighted by atomic mass is 10.0. The van der Waals surface area contributed by atoms with Crippen LogP contribution in [0.1, 0.15) is 24.9 Å². The Morgan fingerprint density at radius 2 is 1.95 bits per heavy atom. The fourth-order valence-corrected chi connectivity index (χ4v) is 2.57. The van der Waals surface area contributed by atoms with E-state index in [1.807, 2.05) is 36.1 Å². The minimum atomic E-state index is -4.26. The summed E-state index contributed by atoms with van der Waals surface area (Å²) in [6, 6.07) is 5.83. The van der Waals surface area contributed by atoms with E-state index in [1.54, 1.807) is 7.11 Å². The summed E-state index contributed by atoms with van der Waals surface area (Å²) < 4.78 is 43.2. The second-order valence-corrected chi connectivity index (χ2v) is 5.18. The first kappa shape index (κ1) is 16.1. The van der Waals surface area contributed by atoms with Crippen molar-refractivity contribution >= 4 is 0 Å². The van der Waals surface area contributed by atoms with Crippen molar-refractivity contribution in [2.75, 3.05) is 13.7 Å². The monoisotopic (exact) mass is 303 g/mol. The van der Waals surface area contributed by atoms with Crippen LogP contribution in [0.2, 0.25) is 0 Å². The SMILES string of the molecule is COc1ccc(C(C)N2CCC(C(F)(F)F)NC2N)cc1. The molecule has 1 aromatic carbocycles. The average Bonchev–Trinajstić information content (AvgIpc) is 2.45. The topological polar surface area (TPSA) is 50.5 Å². The molecule has 4 nitrogen and oxygen atoms in total. The van der Waals surface area contributed by atoms with E-state index in [0.717, 1.165) is 11.3 Å². The summed E-state index contributed by atoms with van der Waals surface area (Å²) in [4.78, 5) is 1.82. The first-order chi connectivity index (χ1) is 9.82. The lowest BCUT2D eigenvalue weighted by Gasteiger charge is -2.42. The standard InChI is InChI=1S/C14H20F3N3O/c1-9(10-3-5-11(21-2)6-4-10)20-8-7-12(14(15,16)17)19-13(20)18/h3-6,9,12-13,19H,7-8,18H2,1-2H3. The molecule has 0 aromatic heterocycles. The van der Waals surface area contributed by atoms with E-state index in [4.69, 9.17) is 10.5 Å². The van der Waals surface area contributed by atoms with Crippen LogP contribution in [0.3, 0.4) is 0 Å². The van der Waals surface area contributed by atoms with Crippen LogP contribution < -0.4 is 15.8 Å². The number of ether oxygens (including phenoxy) is 1. The van der Waals surface area contributed by atoms with Crippen molar-refractivity contribution in [3.63, 3.8) is 0 Å². The number of hydrogen-bond donors (Lipinski definition) is 2. The normalized spacial score (nSPS) is 25.6. The van der Waals surface area contributed by atoms with Crippen molar-refractivity contribution in [2.45, 2.75) is 37.9 Å². The number of nitrogens with one attached hydrogen (secondary N) is 1. The molecule has 118 valence electrons. The highest BCUT2D eigenvalue weighted by Gasteiger charge is 2.44. The molecule has 1 aliphatic heterocycles. The molecule has 0 aliphatic carbocycles. The van der Waals surface area contributed by atoms with E-state index in [1.165, 1.54) is 0 Å². The molecule has 1 aromatic rings. The van der Waals surface area contributed by atoms with Crippen LogP contribution >= 0.6 is 0 Å². The number of nitrogens with two attached hydrogens (primary N) is 1. The van der Waals surface area contributed by atoms with Gasteiger partial charge in [0.2, 0.25) is 0 Å². The summed E-state index contributed by atoms with van der Waals surface area (Å²) >= 11 is 0. The number of rotatable bonds is 3. The second-order valence-electron chi connectivity index (χ2n) is 5.18. The van der Waals surface area contributed by atoms with E-state index >= 15 is 0 Å². The van der Waals surface area contributed by atoms with Crippen molar-refractivity contribution in [3.05, 3.63) is 29.8 Å². The second kappa shape index (κ2) is 6.21. The Labute approximate surface area is 122 Å². The summed E-state index contributed by atoms with van der Waals surface area (Å²) in [6.45, 7) is 2.23. The van der Waals surface area contributed by atoms with Gasteiger partial charge in [-0.1, -0.05) is 12.1 Å². The van der Waals surface area contributed by atoms with Crippen molar-refractivity contribution in [1.82, 2.24) is 10.2 Å². The Kier molecular flexibility index (Phi) is 4.75. The highest BCUT2D eigenvalue weighted by atomic mass is 19.4. The Morgan fingerprint density at radius 1 is 1.33 bits per heavy atom. The summed E-state index contributed by atoms with van der Waals surface area (Å²) in [5.41, 5.74) is 6.84. The summed E-state index contributed by atoms with van der Waals surface area (Å²) in [5.74, 6) is 0.740. The van der Waals surface area contributed by atoms with Gasteiger partial charge in [-0.15, -0.1) is 0 Å². The smallest absolute Gasteiger partial charge is 0.403 e. The van der Waals surface area contributed by atoms with Crippen LogP contribution in [0.15, 0.2) is 24.3 Å². The van der Waals surface area contributed by atoms with Crippen LogP contribution in [0.5, 0.6) is 5.75 Å². The fraction of sp³-hybridized carbons (Fsp3) is 0.571. The van der Waals surface area contributed by atoms with Gasteiger partial charge in [-0.3, -0.25) is 10.2 Å². The Balaban J connectivity index is 2.04. The van der Waals surface area contributed by atoms with Crippen LogP contribution in [-0.2, 0) is 0 Å².